The predicted octanol–water partition coefficient (Wildman–Crippen LogP) is 5.03. The van der Waals surface area contributed by atoms with Crippen LogP contribution in [0.5, 0.6) is 0 Å². The Kier molecular flexibility index (Phi) is 4.85. The van der Waals surface area contributed by atoms with Gasteiger partial charge in [-0.15, -0.1) is 11.3 Å². The minimum Gasteiger partial charge on any atom is -0.305 e. The number of rotatable bonds is 4. The molecule has 0 amide bonds. The summed E-state index contributed by atoms with van der Waals surface area (Å²) in [6.45, 7) is 2.98. The van der Waals surface area contributed by atoms with Crippen molar-refractivity contribution in [2.45, 2.75) is 38.6 Å². The number of nitrogens with zero attached hydrogens (tertiary/aromatic N) is 1. The second-order valence-corrected chi connectivity index (χ2v) is 7.31. The molecular formula is C16H18Cl2N2S. The van der Waals surface area contributed by atoms with Crippen molar-refractivity contribution in [2.24, 2.45) is 0 Å². The Hall–Kier alpha value is -0.610. The van der Waals surface area contributed by atoms with Gasteiger partial charge in [-0.1, -0.05) is 30.1 Å². The van der Waals surface area contributed by atoms with Gasteiger partial charge in [0.25, 0.3) is 0 Å². The van der Waals surface area contributed by atoms with Gasteiger partial charge < -0.3 is 5.32 Å². The van der Waals surface area contributed by atoms with E-state index in [0.29, 0.717) is 10.0 Å². The summed E-state index contributed by atoms with van der Waals surface area (Å²) in [7, 11) is 0. The van der Waals surface area contributed by atoms with Crippen molar-refractivity contribution in [3.63, 3.8) is 0 Å². The summed E-state index contributed by atoms with van der Waals surface area (Å²) in [6.07, 6.45) is 4.82. The molecule has 5 heteroatoms. The third kappa shape index (κ3) is 3.42. The predicted molar refractivity (Wildman–Crippen MR) is 90.7 cm³/mol. The molecule has 0 aliphatic heterocycles. The summed E-state index contributed by atoms with van der Waals surface area (Å²) in [6, 6.07) is 5.78. The summed E-state index contributed by atoms with van der Waals surface area (Å²) in [5, 5.41) is 5.97. The quantitative estimate of drug-likeness (QED) is 0.844. The maximum atomic E-state index is 6.15. The van der Waals surface area contributed by atoms with Crippen LogP contribution in [-0.4, -0.2) is 11.5 Å². The van der Waals surface area contributed by atoms with Crippen LogP contribution in [0.25, 0.3) is 0 Å². The molecule has 3 rings (SSSR count). The maximum Gasteiger partial charge on any atom is 0.115 e. The van der Waals surface area contributed by atoms with Gasteiger partial charge in [0.15, 0.2) is 0 Å². The average molecular weight is 341 g/mol. The zero-order valence-corrected chi connectivity index (χ0v) is 14.3. The van der Waals surface area contributed by atoms with Crippen molar-refractivity contribution in [3.05, 3.63) is 49.4 Å². The van der Waals surface area contributed by atoms with E-state index in [-0.39, 0.29) is 6.04 Å². The Labute approximate surface area is 139 Å². The van der Waals surface area contributed by atoms with E-state index in [0.717, 1.165) is 23.5 Å². The SMILES string of the molecule is CCNC(c1cc(Cl)cc(Cl)c1)c1nc2c(s1)CCCC2. The standard InChI is InChI=1S/C16H18Cl2N2S/c1-2-19-15(10-7-11(17)9-12(18)8-10)16-20-13-5-3-4-6-14(13)21-16/h7-9,15,19H,2-6H2,1H3. The number of nitrogens with one attached hydrogen (secondary N) is 1. The van der Waals surface area contributed by atoms with Gasteiger partial charge in [0, 0.05) is 14.9 Å². The molecule has 0 radical (unpaired) electrons. The van der Waals surface area contributed by atoms with Crippen LogP contribution in [0.3, 0.4) is 0 Å². The van der Waals surface area contributed by atoms with Crippen molar-refractivity contribution in [1.29, 1.82) is 0 Å². The minimum atomic E-state index is 0.0711. The number of aromatic nitrogens is 1. The zero-order valence-electron chi connectivity index (χ0n) is 12.0. The molecule has 1 heterocycles. The van der Waals surface area contributed by atoms with Gasteiger partial charge in [-0.2, -0.15) is 0 Å². The summed E-state index contributed by atoms with van der Waals surface area (Å²) in [5.41, 5.74) is 2.37. The van der Waals surface area contributed by atoms with Crippen molar-refractivity contribution in [2.75, 3.05) is 6.54 Å². The van der Waals surface area contributed by atoms with Crippen molar-refractivity contribution >= 4 is 34.5 Å². The third-order valence-corrected chi connectivity index (χ3v) is 5.39. The lowest BCUT2D eigenvalue weighted by Gasteiger charge is -2.16. The van der Waals surface area contributed by atoms with Crippen molar-refractivity contribution in [3.8, 4) is 0 Å². The lowest BCUT2D eigenvalue weighted by atomic mass is 10.0. The molecule has 0 saturated carbocycles. The fourth-order valence-electron chi connectivity index (χ4n) is 2.79. The molecule has 1 aliphatic rings. The monoisotopic (exact) mass is 340 g/mol. The lowest BCUT2D eigenvalue weighted by Crippen LogP contribution is -2.22. The van der Waals surface area contributed by atoms with Crippen LogP contribution < -0.4 is 5.32 Å². The normalized spacial score (nSPS) is 15.8. The van der Waals surface area contributed by atoms with E-state index in [2.05, 4.69) is 12.2 Å². The molecule has 0 bridgehead atoms. The van der Waals surface area contributed by atoms with Crippen LogP contribution >= 0.6 is 34.5 Å². The summed E-state index contributed by atoms with van der Waals surface area (Å²) >= 11 is 14.1. The highest BCUT2D eigenvalue weighted by molar-refractivity contribution is 7.11. The Bertz CT molecular complexity index is 595. The molecule has 0 spiro atoms. The van der Waals surface area contributed by atoms with E-state index in [1.165, 1.54) is 29.8 Å². The largest absolute Gasteiger partial charge is 0.305 e. The van der Waals surface area contributed by atoms with Crippen LogP contribution in [0, 0.1) is 0 Å². The van der Waals surface area contributed by atoms with E-state index in [9.17, 15) is 0 Å². The fourth-order valence-corrected chi connectivity index (χ4v) is 4.59. The summed E-state index contributed by atoms with van der Waals surface area (Å²) in [4.78, 5) is 6.33. The second kappa shape index (κ2) is 6.66. The summed E-state index contributed by atoms with van der Waals surface area (Å²) in [5.74, 6) is 0. The Morgan fingerprint density at radius 2 is 1.90 bits per heavy atom. The highest BCUT2D eigenvalue weighted by Gasteiger charge is 2.22. The molecular weight excluding hydrogens is 323 g/mol. The van der Waals surface area contributed by atoms with Gasteiger partial charge in [-0.3, -0.25) is 0 Å². The highest BCUT2D eigenvalue weighted by atomic mass is 35.5. The fraction of sp³-hybridized carbons (Fsp3) is 0.438. The number of halogens is 2. The van der Waals surface area contributed by atoms with Crippen LogP contribution in [0.1, 0.15) is 46.9 Å². The lowest BCUT2D eigenvalue weighted by molar-refractivity contribution is 0.621. The van der Waals surface area contributed by atoms with Gasteiger partial charge in [-0.25, -0.2) is 4.98 Å². The first-order valence-electron chi connectivity index (χ1n) is 7.35. The molecule has 21 heavy (non-hydrogen) atoms. The average Bonchev–Trinajstić information content (AvgIpc) is 2.87. The van der Waals surface area contributed by atoms with Gasteiger partial charge in [0.1, 0.15) is 5.01 Å². The van der Waals surface area contributed by atoms with Gasteiger partial charge in [0.2, 0.25) is 0 Å². The first-order chi connectivity index (χ1) is 10.2. The second-order valence-electron chi connectivity index (χ2n) is 5.32. The molecule has 1 aromatic heterocycles. The number of aryl methyl sites for hydroxylation is 2. The number of benzene rings is 1. The van der Waals surface area contributed by atoms with E-state index in [1.54, 1.807) is 6.07 Å². The molecule has 0 fully saturated rings. The van der Waals surface area contributed by atoms with E-state index in [4.69, 9.17) is 28.2 Å². The number of hydrogen-bond acceptors (Lipinski definition) is 3. The topological polar surface area (TPSA) is 24.9 Å². The first-order valence-corrected chi connectivity index (χ1v) is 8.92. The molecule has 1 atom stereocenters. The first kappa shape index (κ1) is 15.3. The van der Waals surface area contributed by atoms with Crippen molar-refractivity contribution < 1.29 is 0 Å². The molecule has 1 aromatic carbocycles. The van der Waals surface area contributed by atoms with Gasteiger partial charge in [0.05, 0.1) is 11.7 Å². The number of hydrogen-bond donors (Lipinski definition) is 1. The number of fused-ring (bicyclic) bond motifs is 1. The molecule has 1 unspecified atom stereocenters. The van der Waals surface area contributed by atoms with E-state index >= 15 is 0 Å². The Balaban J connectivity index is 1.98. The minimum absolute atomic E-state index is 0.0711. The molecule has 1 N–H and O–H groups in total. The molecule has 0 saturated heterocycles. The van der Waals surface area contributed by atoms with Gasteiger partial charge >= 0.3 is 0 Å². The maximum absolute atomic E-state index is 6.15. The van der Waals surface area contributed by atoms with Crippen molar-refractivity contribution in [1.82, 2.24) is 10.3 Å². The highest BCUT2D eigenvalue weighted by Crippen LogP contribution is 2.34. The smallest absolute Gasteiger partial charge is 0.115 e. The Morgan fingerprint density at radius 3 is 2.57 bits per heavy atom. The van der Waals surface area contributed by atoms with Crippen LogP contribution in [-0.2, 0) is 12.8 Å². The van der Waals surface area contributed by atoms with E-state index in [1.807, 2.05) is 23.5 Å². The molecule has 2 nitrogen and oxygen atoms in total. The van der Waals surface area contributed by atoms with Crippen LogP contribution in [0.4, 0.5) is 0 Å². The molecule has 2 aromatic rings. The Morgan fingerprint density at radius 1 is 1.19 bits per heavy atom. The third-order valence-electron chi connectivity index (χ3n) is 3.74. The van der Waals surface area contributed by atoms with E-state index < -0.39 is 0 Å². The molecule has 112 valence electrons. The zero-order chi connectivity index (χ0) is 14.8. The summed E-state index contributed by atoms with van der Waals surface area (Å²) < 4.78 is 0. The molecule has 1 aliphatic carbocycles. The number of thiazole rings is 1. The van der Waals surface area contributed by atoms with Crippen LogP contribution in [0.15, 0.2) is 18.2 Å². The van der Waals surface area contributed by atoms with Crippen LogP contribution in [0.2, 0.25) is 10.0 Å². The van der Waals surface area contributed by atoms with Gasteiger partial charge in [-0.05, 0) is 56.0 Å².